The highest BCUT2D eigenvalue weighted by Gasteiger charge is 2.31. The van der Waals surface area contributed by atoms with Crippen molar-refractivity contribution < 1.29 is 9.47 Å². The molecule has 0 unspecified atom stereocenters. The molecule has 0 N–H and O–H groups in total. The van der Waals surface area contributed by atoms with Crippen LogP contribution in [-0.4, -0.2) is 31.7 Å². The van der Waals surface area contributed by atoms with Gasteiger partial charge in [-0.3, -0.25) is 0 Å². The van der Waals surface area contributed by atoms with E-state index in [0.29, 0.717) is 6.10 Å². The summed E-state index contributed by atoms with van der Waals surface area (Å²) in [6.45, 7) is 6.71. The van der Waals surface area contributed by atoms with Gasteiger partial charge in [0.25, 0.3) is 0 Å². The van der Waals surface area contributed by atoms with Crippen molar-refractivity contribution in [3.63, 3.8) is 0 Å². The van der Waals surface area contributed by atoms with Gasteiger partial charge in [0.2, 0.25) is 0 Å². The van der Waals surface area contributed by atoms with Crippen molar-refractivity contribution in [3.8, 4) is 0 Å². The zero-order valence-electron chi connectivity index (χ0n) is 8.58. The van der Waals surface area contributed by atoms with Crippen LogP contribution >= 0.6 is 12.6 Å². The Morgan fingerprint density at radius 1 is 1.38 bits per heavy atom. The van der Waals surface area contributed by atoms with Gasteiger partial charge in [0.1, 0.15) is 0 Å². The lowest BCUT2D eigenvalue weighted by molar-refractivity contribution is -0.0435. The third kappa shape index (κ3) is 3.49. The summed E-state index contributed by atoms with van der Waals surface area (Å²) in [6, 6.07) is 0. The van der Waals surface area contributed by atoms with Crippen LogP contribution < -0.4 is 0 Å². The predicted octanol–water partition coefficient (Wildman–Crippen LogP) is 2.14. The molecule has 3 heteroatoms. The van der Waals surface area contributed by atoms with Gasteiger partial charge in [0, 0.05) is 18.6 Å². The van der Waals surface area contributed by atoms with Crippen LogP contribution in [0.2, 0.25) is 0 Å². The molecule has 1 fully saturated rings. The second-order valence-corrected chi connectivity index (χ2v) is 4.45. The summed E-state index contributed by atoms with van der Waals surface area (Å²) in [7, 11) is 0. The molecule has 2 nitrogen and oxygen atoms in total. The summed E-state index contributed by atoms with van der Waals surface area (Å²) in [5.41, 5.74) is 0.269. The van der Waals surface area contributed by atoms with Crippen molar-refractivity contribution in [1.82, 2.24) is 0 Å². The first-order valence-electron chi connectivity index (χ1n) is 4.99. The van der Waals surface area contributed by atoms with Crippen LogP contribution in [0.4, 0.5) is 0 Å². The Balaban J connectivity index is 2.38. The first kappa shape index (κ1) is 11.3. The highest BCUT2D eigenvalue weighted by molar-refractivity contribution is 7.80. The van der Waals surface area contributed by atoms with E-state index in [9.17, 15) is 0 Å². The largest absolute Gasteiger partial charge is 0.381 e. The molecule has 0 atom stereocenters. The van der Waals surface area contributed by atoms with E-state index in [4.69, 9.17) is 9.47 Å². The third-order valence-corrected chi connectivity index (χ3v) is 3.28. The third-order valence-electron chi connectivity index (χ3n) is 2.61. The van der Waals surface area contributed by atoms with Crippen molar-refractivity contribution in [2.75, 3.05) is 25.6 Å². The van der Waals surface area contributed by atoms with E-state index < -0.39 is 0 Å². The van der Waals surface area contributed by atoms with Crippen molar-refractivity contribution >= 4 is 12.6 Å². The van der Waals surface area contributed by atoms with Gasteiger partial charge in [0.15, 0.2) is 0 Å². The van der Waals surface area contributed by atoms with Crippen LogP contribution in [0.1, 0.15) is 26.7 Å². The van der Waals surface area contributed by atoms with Gasteiger partial charge in [0.05, 0.1) is 12.7 Å². The van der Waals surface area contributed by atoms with Gasteiger partial charge in [-0.25, -0.2) is 0 Å². The van der Waals surface area contributed by atoms with Crippen LogP contribution in [0.3, 0.4) is 0 Å². The molecule has 1 heterocycles. The van der Waals surface area contributed by atoms with Gasteiger partial charge < -0.3 is 9.47 Å². The maximum Gasteiger partial charge on any atom is 0.0535 e. The first-order chi connectivity index (χ1) is 6.18. The van der Waals surface area contributed by atoms with Gasteiger partial charge >= 0.3 is 0 Å². The van der Waals surface area contributed by atoms with Crippen molar-refractivity contribution in [2.45, 2.75) is 32.8 Å². The van der Waals surface area contributed by atoms with Crippen LogP contribution in [0.15, 0.2) is 0 Å². The highest BCUT2D eigenvalue weighted by Crippen LogP contribution is 2.32. The number of hydrogen-bond donors (Lipinski definition) is 1. The normalized spacial score (nSPS) is 22.2. The Hall–Kier alpha value is 0.270. The summed E-state index contributed by atoms with van der Waals surface area (Å²) in [6.07, 6.45) is 2.49. The molecule has 1 saturated heterocycles. The molecule has 1 aliphatic rings. The number of hydrogen-bond acceptors (Lipinski definition) is 3. The maximum atomic E-state index is 5.67. The average Bonchev–Trinajstić information content (AvgIpc) is 2.16. The van der Waals surface area contributed by atoms with E-state index in [1.165, 1.54) is 0 Å². The fourth-order valence-electron chi connectivity index (χ4n) is 1.50. The molecule has 0 saturated carbocycles. The Morgan fingerprint density at radius 3 is 2.46 bits per heavy atom. The molecule has 0 radical (unpaired) electrons. The van der Waals surface area contributed by atoms with E-state index in [2.05, 4.69) is 26.5 Å². The molecular weight excluding hydrogens is 184 g/mol. The topological polar surface area (TPSA) is 18.5 Å². The molecule has 0 aromatic heterocycles. The quantitative estimate of drug-likeness (QED) is 0.707. The van der Waals surface area contributed by atoms with Crippen LogP contribution in [0, 0.1) is 5.41 Å². The Kier molecular flexibility index (Phi) is 4.56. The minimum Gasteiger partial charge on any atom is -0.381 e. The molecule has 0 bridgehead atoms. The minimum absolute atomic E-state index is 0.269. The fourth-order valence-corrected chi connectivity index (χ4v) is 1.90. The van der Waals surface area contributed by atoms with Crippen molar-refractivity contribution in [1.29, 1.82) is 0 Å². The summed E-state index contributed by atoms with van der Waals surface area (Å²) in [4.78, 5) is 0. The van der Waals surface area contributed by atoms with Crippen LogP contribution in [0.25, 0.3) is 0 Å². The highest BCUT2D eigenvalue weighted by atomic mass is 32.1. The molecule has 1 rings (SSSR count). The fraction of sp³-hybridized carbons (Fsp3) is 1.00. The Bertz CT molecular complexity index is 142. The monoisotopic (exact) mass is 204 g/mol. The second kappa shape index (κ2) is 5.23. The summed E-state index contributed by atoms with van der Waals surface area (Å²) >= 11 is 4.42. The predicted molar refractivity (Wildman–Crippen MR) is 57.4 cm³/mol. The number of rotatable bonds is 4. The van der Waals surface area contributed by atoms with E-state index in [0.717, 1.165) is 38.4 Å². The van der Waals surface area contributed by atoms with Crippen LogP contribution in [0.5, 0.6) is 0 Å². The summed E-state index contributed by atoms with van der Waals surface area (Å²) in [5.74, 6) is 0.906. The summed E-state index contributed by atoms with van der Waals surface area (Å²) in [5, 5.41) is 0. The second-order valence-electron chi connectivity index (χ2n) is 4.13. The zero-order valence-corrected chi connectivity index (χ0v) is 9.48. The Morgan fingerprint density at radius 2 is 2.00 bits per heavy atom. The van der Waals surface area contributed by atoms with E-state index in [1.54, 1.807) is 0 Å². The molecule has 0 aliphatic carbocycles. The van der Waals surface area contributed by atoms with Gasteiger partial charge in [-0.15, -0.1) is 0 Å². The van der Waals surface area contributed by atoms with E-state index in [-0.39, 0.29) is 5.41 Å². The van der Waals surface area contributed by atoms with E-state index >= 15 is 0 Å². The van der Waals surface area contributed by atoms with Gasteiger partial charge in [-0.05, 0) is 32.4 Å². The lowest BCUT2D eigenvalue weighted by Gasteiger charge is -2.36. The SMILES string of the molecule is CC(C)OCC1(CS)CCOCC1. The molecule has 13 heavy (non-hydrogen) atoms. The minimum atomic E-state index is 0.269. The number of ether oxygens (including phenoxy) is 2. The summed E-state index contributed by atoms with van der Waals surface area (Å²) < 4.78 is 11.0. The molecule has 1 aliphatic heterocycles. The molecule has 0 aromatic carbocycles. The van der Waals surface area contributed by atoms with Gasteiger partial charge in [-0.1, -0.05) is 0 Å². The maximum absolute atomic E-state index is 5.67. The standard InChI is InChI=1S/C10H20O2S/c1-9(2)12-7-10(8-13)3-5-11-6-4-10/h9,13H,3-8H2,1-2H3. The molecule has 0 amide bonds. The molecule has 0 aromatic rings. The molecular formula is C10H20O2S. The van der Waals surface area contributed by atoms with Crippen molar-refractivity contribution in [2.24, 2.45) is 5.41 Å². The molecule has 0 spiro atoms. The number of thiol groups is 1. The van der Waals surface area contributed by atoms with Gasteiger partial charge in [-0.2, -0.15) is 12.6 Å². The lowest BCUT2D eigenvalue weighted by atomic mass is 9.83. The average molecular weight is 204 g/mol. The first-order valence-corrected chi connectivity index (χ1v) is 5.62. The van der Waals surface area contributed by atoms with Crippen molar-refractivity contribution in [3.05, 3.63) is 0 Å². The zero-order chi connectivity index (χ0) is 9.73. The molecule has 78 valence electrons. The van der Waals surface area contributed by atoms with E-state index in [1.807, 2.05) is 0 Å². The Labute approximate surface area is 86.4 Å². The van der Waals surface area contributed by atoms with Crippen LogP contribution in [-0.2, 0) is 9.47 Å². The lowest BCUT2D eigenvalue weighted by Crippen LogP contribution is -2.36. The smallest absolute Gasteiger partial charge is 0.0535 e.